The first-order valence-corrected chi connectivity index (χ1v) is 12.1. The molecule has 0 unspecified atom stereocenters. The van der Waals surface area contributed by atoms with Crippen LogP contribution in [0.15, 0.2) is 82.7 Å². The van der Waals surface area contributed by atoms with Gasteiger partial charge in [-0.1, -0.05) is 47.5 Å². The minimum absolute atomic E-state index is 0.0532. The summed E-state index contributed by atoms with van der Waals surface area (Å²) in [4.78, 5) is 23.0. The normalized spacial score (nSPS) is 16.1. The Morgan fingerprint density at radius 1 is 0.848 bits per heavy atom. The Balaban J connectivity index is 1.69. The second-order valence-electron chi connectivity index (χ2n) is 8.08. The standard InChI is InChI=1S/C28H29N3OS/c1-5-30(6-2)24-17-11-22(12-18-24)19-26-27(32)31(25-15-9-21(4)10-16-25)28(33-26)29-23-13-7-20(3)8-14-23/h7-19H,5-6H2,1-4H3/b26-19-,29-28?. The van der Waals surface area contributed by atoms with Crippen LogP contribution in [-0.2, 0) is 4.79 Å². The maximum atomic E-state index is 13.5. The number of carbonyl (C=O) groups is 1. The Morgan fingerprint density at radius 2 is 1.42 bits per heavy atom. The van der Waals surface area contributed by atoms with E-state index in [0.717, 1.165) is 35.6 Å². The number of hydrogen-bond donors (Lipinski definition) is 0. The predicted octanol–water partition coefficient (Wildman–Crippen LogP) is 6.96. The van der Waals surface area contributed by atoms with Crippen molar-refractivity contribution in [2.24, 2.45) is 4.99 Å². The minimum Gasteiger partial charge on any atom is -0.372 e. The van der Waals surface area contributed by atoms with Crippen molar-refractivity contribution in [2.75, 3.05) is 22.9 Å². The average Bonchev–Trinajstić information content (AvgIpc) is 3.12. The lowest BCUT2D eigenvalue weighted by Crippen LogP contribution is -2.28. The van der Waals surface area contributed by atoms with Crippen molar-refractivity contribution in [3.63, 3.8) is 0 Å². The summed E-state index contributed by atoms with van der Waals surface area (Å²) in [5, 5.41) is 0.665. The summed E-state index contributed by atoms with van der Waals surface area (Å²) in [6.45, 7) is 10.3. The second kappa shape index (κ2) is 10.1. The maximum Gasteiger partial charge on any atom is 0.271 e. The first kappa shape index (κ1) is 22.9. The first-order valence-electron chi connectivity index (χ1n) is 11.3. The van der Waals surface area contributed by atoms with E-state index >= 15 is 0 Å². The smallest absolute Gasteiger partial charge is 0.271 e. The highest BCUT2D eigenvalue weighted by Gasteiger charge is 2.34. The van der Waals surface area contributed by atoms with Gasteiger partial charge in [0.1, 0.15) is 0 Å². The van der Waals surface area contributed by atoms with E-state index in [9.17, 15) is 4.79 Å². The number of aryl methyl sites for hydroxylation is 2. The molecule has 1 saturated heterocycles. The molecule has 3 aromatic carbocycles. The van der Waals surface area contributed by atoms with E-state index in [1.54, 1.807) is 4.90 Å². The molecule has 5 heteroatoms. The van der Waals surface area contributed by atoms with Crippen molar-refractivity contribution in [1.82, 2.24) is 0 Å². The zero-order valence-electron chi connectivity index (χ0n) is 19.6. The molecular weight excluding hydrogens is 426 g/mol. The molecule has 1 fully saturated rings. The molecular formula is C28H29N3OS. The maximum absolute atomic E-state index is 13.5. The van der Waals surface area contributed by atoms with Gasteiger partial charge in [-0.3, -0.25) is 9.69 Å². The van der Waals surface area contributed by atoms with Crippen LogP contribution in [0.4, 0.5) is 17.1 Å². The molecule has 4 nitrogen and oxygen atoms in total. The monoisotopic (exact) mass is 455 g/mol. The van der Waals surface area contributed by atoms with Gasteiger partial charge in [-0.15, -0.1) is 0 Å². The van der Waals surface area contributed by atoms with Gasteiger partial charge in [0.15, 0.2) is 5.17 Å². The number of benzene rings is 3. The lowest BCUT2D eigenvalue weighted by atomic mass is 10.1. The van der Waals surface area contributed by atoms with E-state index in [1.165, 1.54) is 23.0 Å². The number of rotatable bonds is 6. The minimum atomic E-state index is -0.0532. The van der Waals surface area contributed by atoms with Crippen molar-refractivity contribution in [2.45, 2.75) is 27.7 Å². The molecule has 0 atom stereocenters. The van der Waals surface area contributed by atoms with Crippen LogP contribution in [0.5, 0.6) is 0 Å². The third-order valence-corrected chi connectivity index (χ3v) is 6.65. The van der Waals surface area contributed by atoms with Crippen LogP contribution in [-0.4, -0.2) is 24.2 Å². The quantitative estimate of drug-likeness (QED) is 0.377. The number of thioether (sulfide) groups is 1. The van der Waals surface area contributed by atoms with Gasteiger partial charge < -0.3 is 4.90 Å². The van der Waals surface area contributed by atoms with Crippen LogP contribution in [0.1, 0.15) is 30.5 Å². The second-order valence-corrected chi connectivity index (χ2v) is 9.09. The molecule has 0 bridgehead atoms. The lowest BCUT2D eigenvalue weighted by molar-refractivity contribution is -0.113. The predicted molar refractivity (Wildman–Crippen MR) is 143 cm³/mol. The Kier molecular flexibility index (Phi) is 6.99. The highest BCUT2D eigenvalue weighted by Crippen LogP contribution is 2.37. The van der Waals surface area contributed by atoms with Gasteiger partial charge in [0.2, 0.25) is 0 Å². The van der Waals surface area contributed by atoms with E-state index in [-0.39, 0.29) is 5.91 Å². The number of anilines is 2. The fourth-order valence-electron chi connectivity index (χ4n) is 3.72. The molecule has 0 radical (unpaired) electrons. The third kappa shape index (κ3) is 5.20. The topological polar surface area (TPSA) is 35.9 Å². The SMILES string of the molecule is CCN(CC)c1ccc(/C=C2\SC(=Nc3ccc(C)cc3)N(c3ccc(C)cc3)C2=O)cc1. The number of carbonyl (C=O) groups excluding carboxylic acids is 1. The van der Waals surface area contributed by atoms with Crippen LogP contribution < -0.4 is 9.80 Å². The van der Waals surface area contributed by atoms with Crippen molar-refractivity contribution in [3.8, 4) is 0 Å². The Hall–Kier alpha value is -3.31. The van der Waals surface area contributed by atoms with E-state index in [0.29, 0.717) is 10.1 Å². The number of aliphatic imine (C=N–C) groups is 1. The van der Waals surface area contributed by atoms with E-state index in [1.807, 2.05) is 61.5 Å². The molecule has 0 aliphatic carbocycles. The Bertz CT molecular complexity index is 1180. The molecule has 1 aliphatic heterocycles. The zero-order chi connectivity index (χ0) is 23.4. The molecule has 0 spiro atoms. The first-order chi connectivity index (χ1) is 16.0. The molecule has 0 N–H and O–H groups in total. The van der Waals surface area contributed by atoms with E-state index < -0.39 is 0 Å². The van der Waals surface area contributed by atoms with Crippen LogP contribution in [0.3, 0.4) is 0 Å². The summed E-state index contributed by atoms with van der Waals surface area (Å²) in [5.74, 6) is -0.0532. The fourth-order valence-corrected chi connectivity index (χ4v) is 4.72. The molecule has 33 heavy (non-hydrogen) atoms. The molecule has 1 heterocycles. The average molecular weight is 456 g/mol. The molecule has 168 valence electrons. The third-order valence-electron chi connectivity index (χ3n) is 5.68. The lowest BCUT2D eigenvalue weighted by Gasteiger charge is -2.20. The van der Waals surface area contributed by atoms with Crippen molar-refractivity contribution in [1.29, 1.82) is 0 Å². The molecule has 1 aliphatic rings. The van der Waals surface area contributed by atoms with Gasteiger partial charge in [-0.05, 0) is 87.5 Å². The molecule has 0 aromatic heterocycles. The zero-order valence-corrected chi connectivity index (χ0v) is 20.4. The summed E-state index contributed by atoms with van der Waals surface area (Å²) < 4.78 is 0. The molecule has 0 saturated carbocycles. The van der Waals surface area contributed by atoms with Crippen molar-refractivity contribution >= 4 is 46.0 Å². The van der Waals surface area contributed by atoms with Gasteiger partial charge in [0.25, 0.3) is 5.91 Å². The summed E-state index contributed by atoms with van der Waals surface area (Å²) in [6, 6.07) is 24.4. The highest BCUT2D eigenvalue weighted by molar-refractivity contribution is 8.19. The molecule has 4 rings (SSSR count). The largest absolute Gasteiger partial charge is 0.372 e. The highest BCUT2D eigenvalue weighted by atomic mass is 32.2. The van der Waals surface area contributed by atoms with Gasteiger partial charge in [0, 0.05) is 18.8 Å². The number of hydrogen-bond acceptors (Lipinski definition) is 4. The van der Waals surface area contributed by atoms with Crippen LogP contribution in [0.25, 0.3) is 6.08 Å². The summed E-state index contributed by atoms with van der Waals surface area (Å²) in [5.41, 5.74) is 6.18. The number of amidine groups is 1. The van der Waals surface area contributed by atoms with Crippen molar-refractivity contribution in [3.05, 3.63) is 94.4 Å². The fraction of sp³-hybridized carbons (Fsp3) is 0.214. The number of amides is 1. The van der Waals surface area contributed by atoms with Gasteiger partial charge >= 0.3 is 0 Å². The van der Waals surface area contributed by atoms with Gasteiger partial charge in [-0.2, -0.15) is 0 Å². The molecule has 3 aromatic rings. The summed E-state index contributed by atoms with van der Waals surface area (Å²) in [6.07, 6.45) is 1.96. The van der Waals surface area contributed by atoms with E-state index in [4.69, 9.17) is 4.99 Å². The van der Waals surface area contributed by atoms with Crippen LogP contribution in [0, 0.1) is 13.8 Å². The van der Waals surface area contributed by atoms with Crippen LogP contribution in [0.2, 0.25) is 0 Å². The summed E-state index contributed by atoms with van der Waals surface area (Å²) in [7, 11) is 0. The summed E-state index contributed by atoms with van der Waals surface area (Å²) >= 11 is 1.42. The van der Waals surface area contributed by atoms with Crippen LogP contribution >= 0.6 is 11.8 Å². The van der Waals surface area contributed by atoms with Crippen molar-refractivity contribution < 1.29 is 4.79 Å². The Labute approximate surface area is 200 Å². The molecule has 1 amide bonds. The van der Waals surface area contributed by atoms with Gasteiger partial charge in [-0.25, -0.2) is 4.99 Å². The van der Waals surface area contributed by atoms with E-state index in [2.05, 4.69) is 49.9 Å². The Morgan fingerprint density at radius 3 is 2.00 bits per heavy atom. The van der Waals surface area contributed by atoms with Gasteiger partial charge in [0.05, 0.1) is 16.3 Å². The number of nitrogens with zero attached hydrogens (tertiary/aromatic N) is 3.